The Balaban J connectivity index is 2.15. The Labute approximate surface area is 121 Å². The van der Waals surface area contributed by atoms with Gasteiger partial charge >= 0.3 is 5.97 Å². The van der Waals surface area contributed by atoms with Crippen LogP contribution in [0.2, 0.25) is 0 Å². The van der Waals surface area contributed by atoms with Crippen LogP contribution in [0.5, 0.6) is 5.75 Å². The van der Waals surface area contributed by atoms with Gasteiger partial charge in [-0.1, -0.05) is 24.6 Å². The van der Waals surface area contributed by atoms with Crippen LogP contribution in [0.15, 0.2) is 24.3 Å². The van der Waals surface area contributed by atoms with E-state index in [0.717, 1.165) is 6.42 Å². The number of carbonyl (C=O) groups is 2. The number of fused-ring (bicyclic) bond motifs is 1. The smallest absolute Gasteiger partial charge is 0.325 e. The van der Waals surface area contributed by atoms with Crippen LogP contribution in [0.1, 0.15) is 37.2 Å². The van der Waals surface area contributed by atoms with E-state index in [9.17, 15) is 19.7 Å². The van der Waals surface area contributed by atoms with Gasteiger partial charge in [0.05, 0.1) is 5.92 Å². The molecular formula is C15H15NO5. The molecule has 6 heteroatoms. The first kappa shape index (κ1) is 13.7. The minimum atomic E-state index is -1.38. The van der Waals surface area contributed by atoms with Crippen LogP contribution in [0, 0.1) is 15.5 Å². The third kappa shape index (κ3) is 2.02. The lowest BCUT2D eigenvalue weighted by molar-refractivity contribution is -0.485. The van der Waals surface area contributed by atoms with Gasteiger partial charge in [-0.25, -0.2) is 0 Å². The highest BCUT2D eigenvalue weighted by atomic mass is 16.6. The molecule has 1 aromatic rings. The maximum atomic E-state index is 12.5. The molecule has 21 heavy (non-hydrogen) atoms. The largest absolute Gasteiger partial charge is 0.425 e. The van der Waals surface area contributed by atoms with Crippen LogP contribution in [0.25, 0.3) is 0 Å². The molecule has 1 spiro atoms. The fraction of sp³-hybridized carbons (Fsp3) is 0.467. The Bertz CT molecular complexity index is 626. The Morgan fingerprint density at radius 3 is 2.76 bits per heavy atom. The molecule has 1 fully saturated rings. The summed E-state index contributed by atoms with van der Waals surface area (Å²) < 4.78 is 5.33. The fourth-order valence-corrected chi connectivity index (χ4v) is 3.50. The molecule has 2 aliphatic rings. The van der Waals surface area contributed by atoms with Crippen molar-refractivity contribution in [3.63, 3.8) is 0 Å². The van der Waals surface area contributed by atoms with E-state index in [-0.39, 0.29) is 12.2 Å². The fourth-order valence-electron chi connectivity index (χ4n) is 3.50. The number of Topliss-reactive ketones (excluding diaryl/α,β-unsaturated/α-hetero) is 1. The van der Waals surface area contributed by atoms with Crippen LogP contribution < -0.4 is 4.74 Å². The average molecular weight is 289 g/mol. The molecule has 2 atom stereocenters. The van der Waals surface area contributed by atoms with Gasteiger partial charge < -0.3 is 4.74 Å². The van der Waals surface area contributed by atoms with Crippen LogP contribution >= 0.6 is 0 Å². The van der Waals surface area contributed by atoms with Crippen LogP contribution in [0.4, 0.5) is 0 Å². The van der Waals surface area contributed by atoms with E-state index >= 15 is 0 Å². The number of esters is 1. The number of benzene rings is 1. The first-order valence-corrected chi connectivity index (χ1v) is 7.02. The molecule has 3 rings (SSSR count). The summed E-state index contributed by atoms with van der Waals surface area (Å²) in [4.78, 5) is 35.5. The third-order valence-corrected chi connectivity index (χ3v) is 4.51. The predicted octanol–water partition coefficient (Wildman–Crippen LogP) is 2.10. The van der Waals surface area contributed by atoms with E-state index in [1.165, 1.54) is 0 Å². The minimum absolute atomic E-state index is 0.222. The van der Waals surface area contributed by atoms with Crippen molar-refractivity contribution < 1.29 is 19.2 Å². The molecule has 6 nitrogen and oxygen atoms in total. The van der Waals surface area contributed by atoms with E-state index in [1.54, 1.807) is 24.3 Å². The number of hydrogen-bond donors (Lipinski definition) is 0. The molecule has 1 heterocycles. The number of nitrogens with zero attached hydrogens (tertiary/aromatic N) is 1. The molecule has 0 unspecified atom stereocenters. The maximum absolute atomic E-state index is 12.5. The maximum Gasteiger partial charge on any atom is 0.325 e. The van der Waals surface area contributed by atoms with E-state index < -0.39 is 28.8 Å². The molecule has 1 saturated carbocycles. The molecule has 1 aromatic carbocycles. The highest BCUT2D eigenvalue weighted by molar-refractivity contribution is 6.07. The van der Waals surface area contributed by atoms with Gasteiger partial charge in [-0.15, -0.1) is 0 Å². The van der Waals surface area contributed by atoms with E-state index in [2.05, 4.69) is 0 Å². The van der Waals surface area contributed by atoms with Crippen molar-refractivity contribution >= 4 is 11.8 Å². The van der Waals surface area contributed by atoms with Gasteiger partial charge in [0.15, 0.2) is 5.78 Å². The van der Waals surface area contributed by atoms with Gasteiger partial charge in [0.1, 0.15) is 11.2 Å². The second-order valence-electron chi connectivity index (χ2n) is 5.60. The van der Waals surface area contributed by atoms with Crippen molar-refractivity contribution in [2.24, 2.45) is 5.41 Å². The third-order valence-electron chi connectivity index (χ3n) is 4.51. The molecule has 0 radical (unpaired) electrons. The summed E-state index contributed by atoms with van der Waals surface area (Å²) in [5, 5.41) is 11.1. The van der Waals surface area contributed by atoms with Crippen LogP contribution in [-0.2, 0) is 9.59 Å². The number of ketones is 1. The van der Waals surface area contributed by atoms with Crippen molar-refractivity contribution in [1.29, 1.82) is 0 Å². The van der Waals surface area contributed by atoms with Gasteiger partial charge in [0.2, 0.25) is 6.54 Å². The molecule has 1 aliphatic carbocycles. The Hall–Kier alpha value is -2.24. The van der Waals surface area contributed by atoms with Crippen molar-refractivity contribution in [3.8, 4) is 5.75 Å². The minimum Gasteiger partial charge on any atom is -0.425 e. The summed E-state index contributed by atoms with van der Waals surface area (Å²) in [6.07, 6.45) is 2.04. The summed E-state index contributed by atoms with van der Waals surface area (Å²) in [5.41, 5.74) is -0.788. The first-order valence-electron chi connectivity index (χ1n) is 7.02. The SMILES string of the molecule is O=C1CCCC[C@]12C(=O)Oc1ccccc1[C@@H]2C[N+](=O)[O-]. The number of nitro groups is 1. The average Bonchev–Trinajstić information content (AvgIpc) is 2.45. The summed E-state index contributed by atoms with van der Waals surface area (Å²) >= 11 is 0. The van der Waals surface area contributed by atoms with E-state index in [0.29, 0.717) is 24.2 Å². The number of rotatable bonds is 2. The summed E-state index contributed by atoms with van der Waals surface area (Å²) in [6, 6.07) is 6.77. The molecule has 110 valence electrons. The monoisotopic (exact) mass is 289 g/mol. The lowest BCUT2D eigenvalue weighted by Crippen LogP contribution is -2.52. The van der Waals surface area contributed by atoms with Crippen LogP contribution in [-0.4, -0.2) is 23.2 Å². The Morgan fingerprint density at radius 2 is 2.05 bits per heavy atom. The second kappa shape index (κ2) is 4.95. The van der Waals surface area contributed by atoms with Gasteiger partial charge in [-0.3, -0.25) is 19.7 Å². The highest BCUT2D eigenvalue weighted by Gasteiger charge is 2.58. The van der Waals surface area contributed by atoms with Gasteiger partial charge in [-0.05, 0) is 18.9 Å². The standard InChI is InChI=1S/C15H15NO5/c17-13-7-3-4-8-15(13)11(9-16(19)20)10-5-1-2-6-12(10)21-14(15)18/h1-2,5-6,11H,3-4,7-9H2/t11-,15+/m0/s1. The zero-order valence-electron chi connectivity index (χ0n) is 11.4. The molecule has 1 aliphatic heterocycles. The zero-order valence-corrected chi connectivity index (χ0v) is 11.4. The van der Waals surface area contributed by atoms with Crippen molar-refractivity contribution in [2.75, 3.05) is 6.54 Å². The predicted molar refractivity (Wildman–Crippen MR) is 72.6 cm³/mol. The molecule has 0 amide bonds. The number of hydrogen-bond acceptors (Lipinski definition) is 5. The first-order chi connectivity index (χ1) is 10.1. The summed E-state index contributed by atoms with van der Waals surface area (Å²) in [6.45, 7) is -0.433. The van der Waals surface area contributed by atoms with Gasteiger partial charge in [-0.2, -0.15) is 0 Å². The summed E-state index contributed by atoms with van der Waals surface area (Å²) in [7, 11) is 0. The lowest BCUT2D eigenvalue weighted by atomic mass is 9.61. The van der Waals surface area contributed by atoms with Gasteiger partial charge in [0.25, 0.3) is 0 Å². The van der Waals surface area contributed by atoms with E-state index in [1.807, 2.05) is 0 Å². The molecule has 0 aromatic heterocycles. The number of carbonyl (C=O) groups excluding carboxylic acids is 2. The van der Waals surface area contributed by atoms with Crippen LogP contribution in [0.3, 0.4) is 0 Å². The molecule has 0 N–H and O–H groups in total. The molecule has 0 saturated heterocycles. The topological polar surface area (TPSA) is 86.5 Å². The molecule has 0 bridgehead atoms. The highest BCUT2D eigenvalue weighted by Crippen LogP contribution is 2.51. The Morgan fingerprint density at radius 1 is 1.29 bits per heavy atom. The second-order valence-corrected chi connectivity index (χ2v) is 5.60. The lowest BCUT2D eigenvalue weighted by Gasteiger charge is -2.41. The normalized spacial score (nSPS) is 28.1. The summed E-state index contributed by atoms with van der Waals surface area (Å²) in [5.74, 6) is -1.26. The Kier molecular flexibility index (Phi) is 3.23. The van der Waals surface area contributed by atoms with E-state index in [4.69, 9.17) is 4.74 Å². The zero-order chi connectivity index (χ0) is 15.0. The van der Waals surface area contributed by atoms with Crippen molar-refractivity contribution in [2.45, 2.75) is 31.6 Å². The number of para-hydroxylation sites is 1. The van der Waals surface area contributed by atoms with Crippen molar-refractivity contribution in [3.05, 3.63) is 39.9 Å². The van der Waals surface area contributed by atoms with Crippen molar-refractivity contribution in [1.82, 2.24) is 0 Å². The van der Waals surface area contributed by atoms with Gasteiger partial charge in [0, 0.05) is 16.9 Å². The molecular weight excluding hydrogens is 274 g/mol. The quantitative estimate of drug-likeness (QED) is 0.273. The number of ether oxygens (including phenoxy) is 1.